The molecular weight excluding hydrogens is 258 g/mol. The maximum absolute atomic E-state index is 8.84. The van der Waals surface area contributed by atoms with Gasteiger partial charge in [0.15, 0.2) is 0 Å². The first-order valence-corrected chi connectivity index (χ1v) is 6.76. The van der Waals surface area contributed by atoms with Crippen LogP contribution >= 0.6 is 11.6 Å². The molecule has 1 fully saturated rings. The van der Waals surface area contributed by atoms with Crippen molar-refractivity contribution in [3.8, 4) is 6.07 Å². The smallest absolute Gasteiger partial charge is 0.0948 e. The summed E-state index contributed by atoms with van der Waals surface area (Å²) in [5.74, 6) is 0. The second-order valence-corrected chi connectivity index (χ2v) is 5.59. The van der Waals surface area contributed by atoms with Crippen molar-refractivity contribution >= 4 is 28.2 Å². The van der Waals surface area contributed by atoms with E-state index in [0.29, 0.717) is 11.4 Å². The molecule has 1 aliphatic rings. The minimum Gasteiger partial charge on any atom is -0.383 e. The van der Waals surface area contributed by atoms with E-state index in [2.05, 4.69) is 16.4 Å². The Bertz CT molecular complexity index is 656. The number of benzene rings is 1. The van der Waals surface area contributed by atoms with E-state index in [4.69, 9.17) is 16.9 Å². The monoisotopic (exact) mass is 271 g/mol. The fraction of sp³-hybridized carbons (Fsp3) is 0.333. The summed E-state index contributed by atoms with van der Waals surface area (Å²) in [5.41, 5.74) is 2.06. The average Bonchev–Trinajstić information content (AvgIpc) is 3.19. The van der Waals surface area contributed by atoms with Gasteiger partial charge in [0.25, 0.3) is 0 Å². The number of pyridine rings is 1. The van der Waals surface area contributed by atoms with Crippen molar-refractivity contribution < 1.29 is 0 Å². The molecule has 1 aliphatic carbocycles. The van der Waals surface area contributed by atoms with Gasteiger partial charge in [0.1, 0.15) is 0 Å². The number of halogens is 1. The van der Waals surface area contributed by atoms with Crippen LogP contribution in [0.2, 0.25) is 5.02 Å². The molecule has 0 amide bonds. The zero-order valence-electron chi connectivity index (χ0n) is 10.5. The van der Waals surface area contributed by atoms with E-state index < -0.39 is 0 Å². The maximum Gasteiger partial charge on any atom is 0.0948 e. The first kappa shape index (κ1) is 12.3. The molecule has 19 heavy (non-hydrogen) atoms. The van der Waals surface area contributed by atoms with E-state index in [1.807, 2.05) is 24.3 Å². The van der Waals surface area contributed by atoms with Crippen LogP contribution in [0.1, 0.15) is 19.3 Å². The molecule has 0 spiro atoms. The maximum atomic E-state index is 8.84. The summed E-state index contributed by atoms with van der Waals surface area (Å²) in [7, 11) is 0. The van der Waals surface area contributed by atoms with E-state index in [9.17, 15) is 0 Å². The SMILES string of the molecule is N#CCC1(CNc2ccc(Cl)c3cccnc23)CC1. The van der Waals surface area contributed by atoms with Gasteiger partial charge in [0.05, 0.1) is 22.3 Å². The lowest BCUT2D eigenvalue weighted by Crippen LogP contribution is -2.15. The summed E-state index contributed by atoms with van der Waals surface area (Å²) in [4.78, 5) is 4.40. The molecule has 3 nitrogen and oxygen atoms in total. The van der Waals surface area contributed by atoms with Gasteiger partial charge in [-0.25, -0.2) is 0 Å². The lowest BCUT2D eigenvalue weighted by atomic mass is 10.0. The Kier molecular flexibility index (Phi) is 3.04. The molecule has 0 bridgehead atoms. The summed E-state index contributed by atoms with van der Waals surface area (Å²) in [6.07, 6.45) is 4.66. The number of hydrogen-bond acceptors (Lipinski definition) is 3. The molecule has 3 rings (SSSR count). The van der Waals surface area contributed by atoms with Crippen LogP contribution in [0.15, 0.2) is 30.5 Å². The lowest BCUT2D eigenvalue weighted by molar-refractivity contribution is 0.557. The van der Waals surface area contributed by atoms with Gasteiger partial charge in [0.2, 0.25) is 0 Å². The van der Waals surface area contributed by atoms with Gasteiger partial charge in [-0.1, -0.05) is 11.6 Å². The van der Waals surface area contributed by atoms with Crippen molar-refractivity contribution in [1.29, 1.82) is 5.26 Å². The van der Waals surface area contributed by atoms with Crippen molar-refractivity contribution in [3.63, 3.8) is 0 Å². The summed E-state index contributed by atoms with van der Waals surface area (Å²) in [6.45, 7) is 0.827. The van der Waals surface area contributed by atoms with Crippen LogP contribution in [0.25, 0.3) is 10.9 Å². The predicted molar refractivity (Wildman–Crippen MR) is 77.1 cm³/mol. The number of nitrogens with one attached hydrogen (secondary N) is 1. The molecule has 1 saturated carbocycles. The quantitative estimate of drug-likeness (QED) is 0.914. The van der Waals surface area contributed by atoms with E-state index >= 15 is 0 Å². The Balaban J connectivity index is 1.86. The molecule has 2 aromatic rings. The first-order chi connectivity index (χ1) is 9.24. The number of rotatable bonds is 4. The van der Waals surface area contributed by atoms with Crippen LogP contribution in [0.4, 0.5) is 5.69 Å². The molecule has 1 aromatic carbocycles. The number of anilines is 1. The zero-order valence-corrected chi connectivity index (χ0v) is 11.2. The Hall–Kier alpha value is -1.79. The van der Waals surface area contributed by atoms with Crippen LogP contribution in [0, 0.1) is 16.7 Å². The number of hydrogen-bond donors (Lipinski definition) is 1. The summed E-state index contributed by atoms with van der Waals surface area (Å²) >= 11 is 6.17. The molecule has 0 unspecified atom stereocenters. The third-order valence-corrected chi connectivity index (χ3v) is 4.11. The number of nitrogens with zero attached hydrogens (tertiary/aromatic N) is 2. The van der Waals surface area contributed by atoms with E-state index in [1.54, 1.807) is 6.20 Å². The second-order valence-electron chi connectivity index (χ2n) is 5.18. The van der Waals surface area contributed by atoms with Crippen molar-refractivity contribution in [2.24, 2.45) is 5.41 Å². The van der Waals surface area contributed by atoms with Gasteiger partial charge >= 0.3 is 0 Å². The predicted octanol–water partition coefficient (Wildman–Crippen LogP) is 3.99. The van der Waals surface area contributed by atoms with Gasteiger partial charge in [0, 0.05) is 30.0 Å². The number of aromatic nitrogens is 1. The van der Waals surface area contributed by atoms with Gasteiger partial charge < -0.3 is 5.32 Å². The van der Waals surface area contributed by atoms with Crippen LogP contribution in [-0.2, 0) is 0 Å². The van der Waals surface area contributed by atoms with Crippen molar-refractivity contribution in [3.05, 3.63) is 35.5 Å². The van der Waals surface area contributed by atoms with Crippen LogP contribution in [0.5, 0.6) is 0 Å². The Morgan fingerprint density at radius 2 is 2.21 bits per heavy atom. The molecular formula is C15H14ClN3. The minimum atomic E-state index is 0.176. The Morgan fingerprint density at radius 1 is 1.37 bits per heavy atom. The van der Waals surface area contributed by atoms with E-state index in [0.717, 1.165) is 36.0 Å². The lowest BCUT2D eigenvalue weighted by Gasteiger charge is -2.15. The summed E-state index contributed by atoms with van der Waals surface area (Å²) < 4.78 is 0. The molecule has 0 atom stereocenters. The van der Waals surface area contributed by atoms with Crippen LogP contribution in [-0.4, -0.2) is 11.5 Å². The highest BCUT2D eigenvalue weighted by Crippen LogP contribution is 2.48. The molecule has 1 N–H and O–H groups in total. The standard InChI is InChI=1S/C15H14ClN3/c16-12-3-4-13(14-11(12)2-1-9-18-14)19-10-15(5-6-15)7-8-17/h1-4,9,19H,5-7,10H2. The third-order valence-electron chi connectivity index (χ3n) is 3.78. The van der Waals surface area contributed by atoms with Crippen molar-refractivity contribution in [2.75, 3.05) is 11.9 Å². The summed E-state index contributed by atoms with van der Waals surface area (Å²) in [6, 6.07) is 9.98. The van der Waals surface area contributed by atoms with Crippen LogP contribution in [0.3, 0.4) is 0 Å². The number of fused-ring (bicyclic) bond motifs is 1. The van der Waals surface area contributed by atoms with Crippen LogP contribution < -0.4 is 5.32 Å². The zero-order chi connectivity index (χ0) is 13.3. The van der Waals surface area contributed by atoms with Gasteiger partial charge in [-0.05, 0) is 37.1 Å². The average molecular weight is 272 g/mol. The Labute approximate surface area is 117 Å². The highest BCUT2D eigenvalue weighted by molar-refractivity contribution is 6.35. The summed E-state index contributed by atoms with van der Waals surface area (Å²) in [5, 5.41) is 13.9. The van der Waals surface area contributed by atoms with Gasteiger partial charge in [-0.3, -0.25) is 4.98 Å². The largest absolute Gasteiger partial charge is 0.383 e. The number of nitriles is 1. The van der Waals surface area contributed by atoms with Gasteiger partial charge in [-0.15, -0.1) is 0 Å². The van der Waals surface area contributed by atoms with Crippen molar-refractivity contribution in [2.45, 2.75) is 19.3 Å². The second kappa shape index (κ2) is 4.71. The molecule has 0 radical (unpaired) electrons. The normalized spacial score (nSPS) is 16.0. The molecule has 0 aliphatic heterocycles. The topological polar surface area (TPSA) is 48.7 Å². The highest BCUT2D eigenvalue weighted by atomic mass is 35.5. The molecule has 0 saturated heterocycles. The minimum absolute atomic E-state index is 0.176. The fourth-order valence-corrected chi connectivity index (χ4v) is 2.54. The van der Waals surface area contributed by atoms with E-state index in [-0.39, 0.29) is 5.41 Å². The third kappa shape index (κ3) is 2.36. The van der Waals surface area contributed by atoms with Crippen molar-refractivity contribution in [1.82, 2.24) is 4.98 Å². The van der Waals surface area contributed by atoms with E-state index in [1.165, 1.54) is 0 Å². The molecule has 1 heterocycles. The highest BCUT2D eigenvalue weighted by Gasteiger charge is 2.42. The fourth-order valence-electron chi connectivity index (χ4n) is 2.32. The Morgan fingerprint density at radius 3 is 2.95 bits per heavy atom. The molecule has 4 heteroatoms. The van der Waals surface area contributed by atoms with Gasteiger partial charge in [-0.2, -0.15) is 5.26 Å². The first-order valence-electron chi connectivity index (χ1n) is 6.38. The molecule has 1 aromatic heterocycles. The molecule has 96 valence electrons.